The highest BCUT2D eigenvalue weighted by molar-refractivity contribution is 5.92. The zero-order valence-corrected chi connectivity index (χ0v) is 10.5. The van der Waals surface area contributed by atoms with Crippen LogP contribution in [0.4, 0.5) is 0 Å². The summed E-state index contributed by atoms with van der Waals surface area (Å²) in [6.07, 6.45) is 1.08. The molecular weight excluding hydrogens is 200 g/mol. The van der Waals surface area contributed by atoms with Gasteiger partial charge in [-0.15, -0.1) is 0 Å². The Balaban J connectivity index is 0. The lowest BCUT2D eigenvalue weighted by Crippen LogP contribution is -3.00. The maximum absolute atomic E-state index is 11.3. The summed E-state index contributed by atoms with van der Waals surface area (Å²) in [7, 11) is 6.19. The predicted octanol–water partition coefficient (Wildman–Crippen LogP) is -1.87. The molecule has 0 bridgehead atoms. The lowest BCUT2D eigenvalue weighted by Gasteiger charge is -2.33. The van der Waals surface area contributed by atoms with Gasteiger partial charge in [0, 0.05) is 12.0 Å². The monoisotopic (exact) mass is 220 g/mol. The molecule has 0 saturated heterocycles. The molecule has 0 spiro atoms. The van der Waals surface area contributed by atoms with Crippen LogP contribution < -0.4 is 17.7 Å². The average molecular weight is 221 g/mol. The van der Waals surface area contributed by atoms with Gasteiger partial charge in [-0.3, -0.25) is 4.79 Å². The molecule has 0 heterocycles. The number of hydrogen-bond donors (Lipinski definition) is 1. The fourth-order valence-corrected chi connectivity index (χ4v) is 1.12. The van der Waals surface area contributed by atoms with Gasteiger partial charge in [0.2, 0.25) is 0 Å². The number of carbonyl (C=O) groups is 1. The summed E-state index contributed by atoms with van der Waals surface area (Å²) in [5, 5.41) is 2.94. The van der Waals surface area contributed by atoms with Crippen LogP contribution in [0.1, 0.15) is 20.3 Å². The Labute approximate surface area is 93.2 Å². The van der Waals surface area contributed by atoms with Crippen molar-refractivity contribution in [3.63, 3.8) is 0 Å². The van der Waals surface area contributed by atoms with Crippen molar-refractivity contribution < 1.29 is 21.7 Å². The molecule has 0 aromatic carbocycles. The van der Waals surface area contributed by atoms with E-state index in [-0.39, 0.29) is 24.5 Å². The maximum Gasteiger partial charge on any atom is 0.250 e. The molecule has 1 amide bonds. The quantitative estimate of drug-likeness (QED) is 0.336. The normalized spacial score (nSPS) is 12.6. The van der Waals surface area contributed by atoms with Gasteiger partial charge < -0.3 is 22.2 Å². The molecule has 0 aromatic heterocycles. The van der Waals surface area contributed by atoms with Crippen LogP contribution in [0.25, 0.3) is 0 Å². The topological polar surface area (TPSA) is 29.1 Å². The molecule has 0 aliphatic rings. The highest BCUT2D eigenvalue weighted by Crippen LogP contribution is 2.04. The largest absolute Gasteiger partial charge is 1.00 e. The third-order valence-corrected chi connectivity index (χ3v) is 2.01. The van der Waals surface area contributed by atoms with Gasteiger partial charge in [-0.25, -0.2) is 0 Å². The van der Waals surface area contributed by atoms with Crippen molar-refractivity contribution in [1.29, 1.82) is 0 Å². The van der Waals surface area contributed by atoms with Crippen molar-refractivity contribution in [2.24, 2.45) is 0 Å². The molecule has 0 rings (SSSR count). The molecule has 0 aliphatic carbocycles. The molecule has 14 heavy (non-hydrogen) atoms. The fraction of sp³-hybridized carbons (Fsp3) is 0.700. The minimum Gasteiger partial charge on any atom is -1.00 e. The van der Waals surface area contributed by atoms with Crippen LogP contribution in [0.3, 0.4) is 0 Å². The third kappa shape index (κ3) is 5.25. The number of hydrogen-bond acceptors (Lipinski definition) is 1. The molecule has 0 unspecified atom stereocenters. The SMILES string of the molecule is C=C(C)C(=O)N[C@@H](CC)[N+](C)(C)C.[Cl-]. The summed E-state index contributed by atoms with van der Waals surface area (Å²) >= 11 is 0. The summed E-state index contributed by atoms with van der Waals surface area (Å²) in [5.74, 6) is -0.0556. The standard InChI is InChI=1S/C10H20N2O.ClH/c1-7-9(12(4,5)6)11-10(13)8(2)3;/h9H,2,7H2,1,3-6H3;1H/t9-;/m1./s1. The maximum atomic E-state index is 11.3. The van der Waals surface area contributed by atoms with Gasteiger partial charge in [-0.1, -0.05) is 13.5 Å². The first kappa shape index (κ1) is 15.9. The third-order valence-electron chi connectivity index (χ3n) is 2.01. The van der Waals surface area contributed by atoms with E-state index in [0.29, 0.717) is 5.57 Å². The van der Waals surface area contributed by atoms with Gasteiger partial charge in [-0.2, -0.15) is 0 Å². The van der Waals surface area contributed by atoms with E-state index < -0.39 is 0 Å². The van der Waals surface area contributed by atoms with Gasteiger partial charge in [-0.05, 0) is 6.92 Å². The van der Waals surface area contributed by atoms with Crippen molar-refractivity contribution in [2.45, 2.75) is 26.4 Å². The Hall–Kier alpha value is -0.540. The molecule has 0 aliphatic heterocycles. The molecule has 0 aromatic rings. The molecule has 84 valence electrons. The second-order valence-electron chi connectivity index (χ2n) is 4.29. The van der Waals surface area contributed by atoms with E-state index in [0.717, 1.165) is 10.9 Å². The van der Waals surface area contributed by atoms with Crippen molar-refractivity contribution in [3.8, 4) is 0 Å². The summed E-state index contributed by atoms with van der Waals surface area (Å²) < 4.78 is 0.732. The van der Waals surface area contributed by atoms with Gasteiger partial charge in [0.25, 0.3) is 5.91 Å². The Morgan fingerprint density at radius 1 is 1.43 bits per heavy atom. The molecule has 1 atom stereocenters. The number of nitrogens with zero attached hydrogens (tertiary/aromatic N) is 1. The van der Waals surface area contributed by atoms with Gasteiger partial charge in [0.05, 0.1) is 21.1 Å². The van der Waals surface area contributed by atoms with Crippen molar-refractivity contribution in [2.75, 3.05) is 21.1 Å². The van der Waals surface area contributed by atoms with Crippen LogP contribution >= 0.6 is 0 Å². The lowest BCUT2D eigenvalue weighted by atomic mass is 10.2. The van der Waals surface area contributed by atoms with E-state index >= 15 is 0 Å². The number of nitrogens with one attached hydrogen (secondary N) is 1. The number of amides is 1. The number of halogens is 1. The Morgan fingerprint density at radius 2 is 1.86 bits per heavy atom. The molecule has 0 fully saturated rings. The van der Waals surface area contributed by atoms with Crippen molar-refractivity contribution in [1.82, 2.24) is 5.32 Å². The number of rotatable bonds is 4. The van der Waals surface area contributed by atoms with Crippen molar-refractivity contribution >= 4 is 5.91 Å². The van der Waals surface area contributed by atoms with E-state index in [1.165, 1.54) is 0 Å². The molecule has 0 saturated carbocycles. The van der Waals surface area contributed by atoms with E-state index in [9.17, 15) is 4.79 Å². The smallest absolute Gasteiger partial charge is 0.250 e. The first-order valence-corrected chi connectivity index (χ1v) is 4.56. The summed E-state index contributed by atoms with van der Waals surface area (Å²) in [6, 6.07) is 0. The highest BCUT2D eigenvalue weighted by atomic mass is 35.5. The van der Waals surface area contributed by atoms with E-state index in [4.69, 9.17) is 0 Å². The van der Waals surface area contributed by atoms with Gasteiger partial charge in [0.1, 0.15) is 0 Å². The predicted molar refractivity (Wildman–Crippen MR) is 55.1 cm³/mol. The van der Waals surface area contributed by atoms with Crippen LogP contribution in [0, 0.1) is 0 Å². The molecule has 1 N–H and O–H groups in total. The fourth-order valence-electron chi connectivity index (χ4n) is 1.12. The first-order valence-electron chi connectivity index (χ1n) is 4.56. The Morgan fingerprint density at radius 3 is 2.07 bits per heavy atom. The van der Waals surface area contributed by atoms with E-state index in [1.807, 2.05) is 0 Å². The van der Waals surface area contributed by atoms with Crippen LogP contribution in [-0.4, -0.2) is 37.7 Å². The van der Waals surface area contributed by atoms with Gasteiger partial charge >= 0.3 is 0 Å². The average Bonchev–Trinajstić information content (AvgIpc) is 1.96. The number of quaternary nitrogens is 1. The van der Waals surface area contributed by atoms with Crippen LogP contribution in [0.5, 0.6) is 0 Å². The zero-order chi connectivity index (χ0) is 10.6. The second kappa shape index (κ2) is 6.04. The van der Waals surface area contributed by atoms with Crippen LogP contribution in [0.2, 0.25) is 0 Å². The highest BCUT2D eigenvalue weighted by Gasteiger charge is 2.23. The summed E-state index contributed by atoms with van der Waals surface area (Å²) in [4.78, 5) is 11.3. The van der Waals surface area contributed by atoms with E-state index in [2.05, 4.69) is 40.0 Å². The number of carbonyl (C=O) groups excluding carboxylic acids is 1. The summed E-state index contributed by atoms with van der Waals surface area (Å²) in [6.45, 7) is 7.39. The van der Waals surface area contributed by atoms with E-state index in [1.54, 1.807) is 6.92 Å². The minimum absolute atomic E-state index is 0. The second-order valence-corrected chi connectivity index (χ2v) is 4.29. The Kier molecular flexibility index (Phi) is 6.86. The Bertz CT molecular complexity index is 209. The molecule has 0 radical (unpaired) electrons. The van der Waals surface area contributed by atoms with Crippen LogP contribution in [0.15, 0.2) is 12.2 Å². The summed E-state index contributed by atoms with van der Waals surface area (Å²) in [5.41, 5.74) is 0.562. The molecule has 3 nitrogen and oxygen atoms in total. The van der Waals surface area contributed by atoms with Crippen molar-refractivity contribution in [3.05, 3.63) is 12.2 Å². The molecule has 4 heteroatoms. The first-order chi connectivity index (χ1) is 5.79. The zero-order valence-electron chi connectivity index (χ0n) is 9.72. The lowest BCUT2D eigenvalue weighted by molar-refractivity contribution is -0.898. The minimum atomic E-state index is -0.0556. The van der Waals surface area contributed by atoms with Crippen LogP contribution in [-0.2, 0) is 4.79 Å². The van der Waals surface area contributed by atoms with Gasteiger partial charge in [0.15, 0.2) is 6.17 Å². The molecular formula is C10H21ClN2O.